The maximum atomic E-state index is 6.86. The van der Waals surface area contributed by atoms with Gasteiger partial charge in [0.15, 0.2) is 0 Å². The Labute approximate surface area is 42.1 Å². The summed E-state index contributed by atoms with van der Waals surface area (Å²) in [6, 6.07) is 0. The van der Waals surface area contributed by atoms with E-state index in [-0.39, 0.29) is 0 Å². The lowest BCUT2D eigenvalue weighted by Crippen LogP contribution is -1.84. The van der Waals surface area contributed by atoms with Gasteiger partial charge in [0.25, 0.3) is 0 Å². The van der Waals surface area contributed by atoms with Crippen LogP contribution in [0.2, 0.25) is 19.4 Å². The third-order valence-corrected chi connectivity index (χ3v) is 0. The second-order valence-electron chi connectivity index (χ2n) is 0.375. The predicted octanol–water partition coefficient (Wildman–Crippen LogP) is 1.37. The number of rotatable bonds is 0. The summed E-state index contributed by atoms with van der Waals surface area (Å²) in [6.07, 6.45) is 0. The molecule has 0 aliphatic heterocycles. The molecule has 0 spiro atoms. The van der Waals surface area contributed by atoms with Gasteiger partial charge in [0.2, 0.25) is 0 Å². The molecule has 0 rings (SSSR count). The van der Waals surface area contributed by atoms with Crippen molar-refractivity contribution in [2.45, 2.75) is 19.4 Å². The Hall–Kier alpha value is 0.217. The Morgan fingerprint density at radius 3 is 2.00 bits per heavy atom. The van der Waals surface area contributed by atoms with E-state index < -0.39 is 28.2 Å². The summed E-state index contributed by atoms with van der Waals surface area (Å²) in [5, 5.41) is 0. The standard InChI is InChI=1S/C3H9Si/c1-4(2)3/h1-3H3/q+1/i1D3,2D3,3D3. The van der Waals surface area contributed by atoms with Gasteiger partial charge >= 0.3 is 8.80 Å². The van der Waals surface area contributed by atoms with E-state index in [1.54, 1.807) is 0 Å². The molecule has 0 atom stereocenters. The minimum atomic E-state index is -3.39. The molecule has 0 heterocycles. The van der Waals surface area contributed by atoms with Crippen molar-refractivity contribution in [3.63, 3.8) is 0 Å². The zero-order valence-corrected chi connectivity index (χ0v) is 3.00. The molecule has 0 saturated heterocycles. The molecule has 1 heteroatoms. The first-order valence-corrected chi connectivity index (χ1v) is 2.25. The van der Waals surface area contributed by atoms with Crippen molar-refractivity contribution in [3.05, 3.63) is 0 Å². The van der Waals surface area contributed by atoms with Gasteiger partial charge in [-0.3, -0.25) is 0 Å². The topological polar surface area (TPSA) is 0 Å². The Kier molecular flexibility index (Phi) is 0.112. The first kappa shape index (κ1) is 0.292. The van der Waals surface area contributed by atoms with Gasteiger partial charge in [0.05, 0.1) is 31.8 Å². The molecule has 0 aromatic carbocycles. The molecule has 0 radical (unpaired) electrons. The van der Waals surface area contributed by atoms with Gasteiger partial charge in [-0.1, -0.05) is 0 Å². The lowest BCUT2D eigenvalue weighted by Gasteiger charge is -1.55. The fraction of sp³-hybridized carbons (Fsp3) is 1.00. The van der Waals surface area contributed by atoms with E-state index in [9.17, 15) is 0 Å². The Bertz CT molecular complexity index is 137. The molecule has 0 N–H and O–H groups in total. The summed E-state index contributed by atoms with van der Waals surface area (Å²) in [5.41, 5.74) is 0. The van der Waals surface area contributed by atoms with Gasteiger partial charge in [0, 0.05) is 0 Å². The minimum Gasteiger partial charge on any atom is 0.0572 e. The van der Waals surface area contributed by atoms with Crippen LogP contribution in [0.5, 0.6) is 0 Å². The molecule has 0 aromatic rings. The molecule has 0 unspecified atom stereocenters. The van der Waals surface area contributed by atoms with Crippen LogP contribution in [0, 0.1) is 0 Å². The molecule has 0 saturated carbocycles. The summed E-state index contributed by atoms with van der Waals surface area (Å²) < 4.78 is 61.7. The highest BCUT2D eigenvalue weighted by Crippen LogP contribution is 1.68. The zero-order valence-electron chi connectivity index (χ0n) is 11.0. The van der Waals surface area contributed by atoms with E-state index in [0.717, 1.165) is 0 Å². The van der Waals surface area contributed by atoms with Gasteiger partial charge in [-0.05, 0) is 0 Å². The third-order valence-electron chi connectivity index (χ3n) is 0. The van der Waals surface area contributed by atoms with Crippen LogP contribution in [0.15, 0.2) is 0 Å². The van der Waals surface area contributed by atoms with Crippen molar-refractivity contribution in [1.29, 1.82) is 0 Å². The molecular formula is C3H9Si+. The monoisotopic (exact) mass is 82.1 g/mol. The lowest BCUT2D eigenvalue weighted by molar-refractivity contribution is 1.91. The van der Waals surface area contributed by atoms with Gasteiger partial charge < -0.3 is 0 Å². The van der Waals surface area contributed by atoms with Crippen LogP contribution < -0.4 is 0 Å². The fourth-order valence-corrected chi connectivity index (χ4v) is 0. The molecule has 0 nitrogen and oxygen atoms in total. The highest BCUT2D eigenvalue weighted by molar-refractivity contribution is 6.54. The molecule has 0 amide bonds. The molecule has 0 bridgehead atoms. The highest BCUT2D eigenvalue weighted by atomic mass is 28.3. The molecule has 4 heavy (non-hydrogen) atoms. The first-order valence-electron chi connectivity index (χ1n) is 5.25. The van der Waals surface area contributed by atoms with Crippen LogP contribution in [0.3, 0.4) is 0 Å². The van der Waals surface area contributed by atoms with Crippen molar-refractivity contribution in [3.8, 4) is 0 Å². The van der Waals surface area contributed by atoms with E-state index in [1.165, 1.54) is 0 Å². The first-order chi connectivity index (χ1) is 5.37. The molecule has 0 aliphatic rings. The van der Waals surface area contributed by atoms with Gasteiger partial charge in [0.1, 0.15) is 0 Å². The van der Waals surface area contributed by atoms with Crippen molar-refractivity contribution >= 4 is 8.80 Å². The Balaban J connectivity index is 5.02. The average molecular weight is 82.2 g/mol. The molecule has 0 fully saturated rings. The van der Waals surface area contributed by atoms with E-state index in [1.807, 2.05) is 0 Å². The lowest BCUT2D eigenvalue weighted by atomic mass is 11.8. The van der Waals surface area contributed by atoms with Crippen molar-refractivity contribution in [2.75, 3.05) is 0 Å². The van der Waals surface area contributed by atoms with E-state index in [4.69, 9.17) is 12.3 Å². The third kappa shape index (κ3) is 69.8. The van der Waals surface area contributed by atoms with Gasteiger partial charge in [-0.2, -0.15) is 0 Å². The Morgan fingerprint density at radius 1 is 1.50 bits per heavy atom. The predicted molar refractivity (Wildman–Crippen MR) is 23.3 cm³/mol. The smallest absolute Gasteiger partial charge is 0.0572 e. The summed E-state index contributed by atoms with van der Waals surface area (Å²) in [5.74, 6) is 0. The van der Waals surface area contributed by atoms with Crippen LogP contribution in [-0.4, -0.2) is 8.80 Å². The van der Waals surface area contributed by atoms with Crippen LogP contribution in [0.25, 0.3) is 0 Å². The van der Waals surface area contributed by atoms with E-state index >= 15 is 0 Å². The molecule has 0 aliphatic carbocycles. The SMILES string of the molecule is [2H]C([2H])([2H])[Si+](C([2H])([2H])[2H])C([2H])([2H])[2H]. The highest BCUT2D eigenvalue weighted by Gasteiger charge is 1.92. The summed E-state index contributed by atoms with van der Waals surface area (Å²) in [4.78, 5) is 0. The Morgan fingerprint density at radius 2 is 2.00 bits per heavy atom. The van der Waals surface area contributed by atoms with E-state index in [0.29, 0.717) is 0 Å². The molecule has 0 aromatic heterocycles. The second-order valence-corrected chi connectivity index (χ2v) is 1.12. The van der Waals surface area contributed by atoms with Crippen molar-refractivity contribution in [1.82, 2.24) is 0 Å². The van der Waals surface area contributed by atoms with Gasteiger partial charge in [-0.15, -0.1) is 0 Å². The van der Waals surface area contributed by atoms with Crippen molar-refractivity contribution < 1.29 is 12.3 Å². The minimum absolute atomic E-state index is 2.89. The fourth-order valence-electron chi connectivity index (χ4n) is 0. The normalized spacial score (nSPS) is 49.5. The maximum absolute atomic E-state index is 6.86. The summed E-state index contributed by atoms with van der Waals surface area (Å²) >= 11 is 0. The van der Waals surface area contributed by atoms with Crippen molar-refractivity contribution in [2.24, 2.45) is 0 Å². The summed E-state index contributed by atoms with van der Waals surface area (Å²) in [6.45, 7) is -8.66. The van der Waals surface area contributed by atoms with Crippen LogP contribution in [-0.2, 0) is 0 Å². The molecule has 24 valence electrons. The largest absolute Gasteiger partial charge is 0.304 e. The van der Waals surface area contributed by atoms with Crippen LogP contribution in [0.4, 0.5) is 0 Å². The maximum Gasteiger partial charge on any atom is 0.304 e. The summed E-state index contributed by atoms with van der Waals surface area (Å²) in [7, 11) is -3.39. The van der Waals surface area contributed by atoms with Gasteiger partial charge in [-0.25, -0.2) is 0 Å². The average Bonchev–Trinajstić information content (AvgIpc) is 1.44. The van der Waals surface area contributed by atoms with Crippen LogP contribution in [0.1, 0.15) is 12.3 Å². The molecular weight excluding hydrogens is 64.1 g/mol. The quantitative estimate of drug-likeness (QED) is 0.387. The van der Waals surface area contributed by atoms with E-state index in [2.05, 4.69) is 0 Å². The zero-order chi connectivity index (χ0) is 11.1. The number of hydrogen-bond acceptors (Lipinski definition) is 0. The second kappa shape index (κ2) is 1.53. The van der Waals surface area contributed by atoms with Crippen LogP contribution >= 0.6 is 0 Å². The number of hydrogen-bond donors (Lipinski definition) is 0.